The molecule has 3 heterocycles. The minimum absolute atomic E-state index is 0.0999. The molecular formula is C29H34N4O3. The number of hydrazone groups is 1. The van der Waals surface area contributed by atoms with Crippen molar-refractivity contribution in [3.63, 3.8) is 0 Å². The zero-order chi connectivity index (χ0) is 24.9. The highest BCUT2D eigenvalue weighted by Crippen LogP contribution is 2.33. The number of nitrogens with one attached hydrogen (secondary N) is 1. The number of nitrogens with zero attached hydrogens (tertiary/aromatic N) is 3. The number of rotatable bonds is 8. The van der Waals surface area contributed by atoms with Gasteiger partial charge in [0.15, 0.2) is 0 Å². The van der Waals surface area contributed by atoms with Crippen LogP contribution in [0.3, 0.4) is 0 Å². The van der Waals surface area contributed by atoms with Crippen molar-refractivity contribution in [2.45, 2.75) is 38.8 Å². The fraction of sp³-hybridized carbons (Fsp3) is 0.379. The SMILES string of the molecule is Cc1ccc(C2=NN(C(=O)CNc3ccccc3CN3CCC(CO)CC3)C(c3ccco3)C2)cc1. The largest absolute Gasteiger partial charge is 0.467 e. The van der Waals surface area contributed by atoms with E-state index < -0.39 is 0 Å². The predicted octanol–water partition coefficient (Wildman–Crippen LogP) is 4.58. The van der Waals surface area contributed by atoms with Crippen molar-refractivity contribution >= 4 is 17.3 Å². The van der Waals surface area contributed by atoms with Crippen molar-refractivity contribution in [2.75, 3.05) is 31.6 Å². The first kappa shape index (κ1) is 24.3. The monoisotopic (exact) mass is 486 g/mol. The molecule has 2 aliphatic rings. The van der Waals surface area contributed by atoms with Gasteiger partial charge in [0.05, 0.1) is 18.5 Å². The summed E-state index contributed by atoms with van der Waals surface area (Å²) in [6.45, 7) is 5.26. The number of benzene rings is 2. The molecule has 0 aliphatic carbocycles. The second kappa shape index (κ2) is 11.1. The molecule has 1 amide bonds. The van der Waals surface area contributed by atoms with Crippen LogP contribution in [0.1, 0.15) is 47.8 Å². The number of hydrogen-bond acceptors (Lipinski definition) is 6. The fourth-order valence-electron chi connectivity index (χ4n) is 5.01. The number of likely N-dealkylation sites (tertiary alicyclic amines) is 1. The average Bonchev–Trinajstić information content (AvgIpc) is 3.59. The topological polar surface area (TPSA) is 81.3 Å². The quantitative estimate of drug-likeness (QED) is 0.487. The van der Waals surface area contributed by atoms with Crippen LogP contribution in [0.5, 0.6) is 0 Å². The Morgan fingerprint density at radius 1 is 1.08 bits per heavy atom. The van der Waals surface area contributed by atoms with Gasteiger partial charge in [0, 0.05) is 25.3 Å². The Labute approximate surface area is 212 Å². The van der Waals surface area contributed by atoms with Gasteiger partial charge >= 0.3 is 0 Å². The molecule has 5 rings (SSSR count). The fourth-order valence-corrected chi connectivity index (χ4v) is 5.01. The summed E-state index contributed by atoms with van der Waals surface area (Å²) in [4.78, 5) is 15.8. The molecule has 1 unspecified atom stereocenters. The van der Waals surface area contributed by atoms with Crippen LogP contribution in [0, 0.1) is 12.8 Å². The van der Waals surface area contributed by atoms with E-state index in [-0.39, 0.29) is 25.1 Å². The standard InChI is InChI=1S/C29H34N4O3/c1-21-8-10-23(11-9-21)26-17-27(28-7-4-16-36-28)33(31-26)29(35)18-30-25-6-3-2-5-24(25)19-32-14-12-22(20-34)13-15-32/h2-11,16,22,27,30,34H,12-15,17-20H2,1H3. The van der Waals surface area contributed by atoms with Gasteiger partial charge in [-0.3, -0.25) is 9.69 Å². The molecule has 0 saturated carbocycles. The summed E-state index contributed by atoms with van der Waals surface area (Å²) in [5.41, 5.74) is 5.23. The number of aliphatic hydroxyl groups excluding tert-OH is 1. The number of anilines is 1. The molecule has 7 heteroatoms. The summed E-state index contributed by atoms with van der Waals surface area (Å²) < 4.78 is 5.67. The molecule has 2 aliphatic heterocycles. The molecule has 7 nitrogen and oxygen atoms in total. The summed E-state index contributed by atoms with van der Waals surface area (Å²) in [6, 6.07) is 19.9. The lowest BCUT2D eigenvalue weighted by molar-refractivity contribution is -0.131. The number of aliphatic hydroxyl groups is 1. The third kappa shape index (κ3) is 5.53. The van der Waals surface area contributed by atoms with Crippen LogP contribution in [-0.4, -0.2) is 52.9 Å². The van der Waals surface area contributed by atoms with Crippen LogP contribution in [0.15, 0.2) is 76.4 Å². The van der Waals surface area contributed by atoms with Gasteiger partial charge < -0.3 is 14.8 Å². The van der Waals surface area contributed by atoms with Crippen molar-refractivity contribution in [1.82, 2.24) is 9.91 Å². The first-order valence-electron chi connectivity index (χ1n) is 12.8. The maximum Gasteiger partial charge on any atom is 0.262 e. The van der Waals surface area contributed by atoms with E-state index in [4.69, 9.17) is 9.52 Å². The second-order valence-electron chi connectivity index (χ2n) is 9.80. The number of piperidine rings is 1. The highest BCUT2D eigenvalue weighted by atomic mass is 16.3. The van der Waals surface area contributed by atoms with E-state index in [1.54, 1.807) is 11.3 Å². The molecular weight excluding hydrogens is 452 g/mol. The van der Waals surface area contributed by atoms with Crippen LogP contribution in [0.25, 0.3) is 0 Å². The Kier molecular flexibility index (Phi) is 7.49. The third-order valence-corrected chi connectivity index (χ3v) is 7.23. The second-order valence-corrected chi connectivity index (χ2v) is 9.80. The van der Waals surface area contributed by atoms with E-state index in [0.29, 0.717) is 12.3 Å². The van der Waals surface area contributed by atoms with E-state index in [2.05, 4.69) is 47.5 Å². The van der Waals surface area contributed by atoms with Gasteiger partial charge in [0.2, 0.25) is 0 Å². The summed E-state index contributed by atoms with van der Waals surface area (Å²) in [6.07, 6.45) is 4.30. The number of carbonyl (C=O) groups is 1. The minimum Gasteiger partial charge on any atom is -0.467 e. The van der Waals surface area contributed by atoms with Crippen LogP contribution < -0.4 is 5.32 Å². The third-order valence-electron chi connectivity index (χ3n) is 7.23. The lowest BCUT2D eigenvalue weighted by Gasteiger charge is -2.31. The molecule has 1 atom stereocenters. The number of carbonyl (C=O) groups excluding carboxylic acids is 1. The summed E-state index contributed by atoms with van der Waals surface area (Å²) in [7, 11) is 0. The Bertz CT molecular complexity index is 1180. The predicted molar refractivity (Wildman–Crippen MR) is 141 cm³/mol. The molecule has 36 heavy (non-hydrogen) atoms. The molecule has 1 aromatic heterocycles. The highest BCUT2D eigenvalue weighted by Gasteiger charge is 2.34. The number of aryl methyl sites for hydroxylation is 1. The molecule has 2 aromatic carbocycles. The molecule has 0 radical (unpaired) electrons. The number of amides is 1. The number of hydrogen-bond donors (Lipinski definition) is 2. The zero-order valence-electron chi connectivity index (χ0n) is 20.8. The van der Waals surface area contributed by atoms with E-state index >= 15 is 0 Å². The lowest BCUT2D eigenvalue weighted by Crippen LogP contribution is -2.35. The molecule has 188 valence electrons. The summed E-state index contributed by atoms with van der Waals surface area (Å²) in [5.74, 6) is 1.05. The molecule has 1 saturated heterocycles. The van der Waals surface area contributed by atoms with Gasteiger partial charge in [-0.25, -0.2) is 5.01 Å². The molecule has 0 spiro atoms. The molecule has 1 fully saturated rings. The van der Waals surface area contributed by atoms with Gasteiger partial charge in [0.1, 0.15) is 11.8 Å². The minimum atomic E-state index is -0.256. The van der Waals surface area contributed by atoms with E-state index in [9.17, 15) is 9.90 Å². The Morgan fingerprint density at radius 2 is 1.86 bits per heavy atom. The van der Waals surface area contributed by atoms with Gasteiger partial charge in [-0.05, 0) is 68.1 Å². The number of furan rings is 1. The molecule has 2 N–H and O–H groups in total. The smallest absolute Gasteiger partial charge is 0.262 e. The van der Waals surface area contributed by atoms with E-state index in [0.717, 1.165) is 55.2 Å². The zero-order valence-corrected chi connectivity index (χ0v) is 20.8. The van der Waals surface area contributed by atoms with Gasteiger partial charge in [-0.1, -0.05) is 48.0 Å². The van der Waals surface area contributed by atoms with Crippen molar-refractivity contribution < 1.29 is 14.3 Å². The Hall–Kier alpha value is -3.42. The van der Waals surface area contributed by atoms with Gasteiger partial charge in [-0.15, -0.1) is 0 Å². The first-order chi connectivity index (χ1) is 17.6. The van der Waals surface area contributed by atoms with Gasteiger partial charge in [0.25, 0.3) is 5.91 Å². The highest BCUT2D eigenvalue weighted by molar-refractivity contribution is 6.03. The van der Waals surface area contributed by atoms with Crippen molar-refractivity contribution in [3.05, 3.63) is 89.4 Å². The normalized spacial score (nSPS) is 18.9. The summed E-state index contributed by atoms with van der Waals surface area (Å²) in [5, 5.41) is 19.1. The van der Waals surface area contributed by atoms with E-state index in [1.807, 2.05) is 30.3 Å². The van der Waals surface area contributed by atoms with Gasteiger partial charge in [-0.2, -0.15) is 5.10 Å². The summed E-state index contributed by atoms with van der Waals surface area (Å²) >= 11 is 0. The van der Waals surface area contributed by atoms with Crippen LogP contribution in [-0.2, 0) is 11.3 Å². The van der Waals surface area contributed by atoms with Crippen molar-refractivity contribution in [2.24, 2.45) is 11.0 Å². The van der Waals surface area contributed by atoms with Crippen LogP contribution in [0.4, 0.5) is 5.69 Å². The maximum atomic E-state index is 13.4. The maximum absolute atomic E-state index is 13.4. The van der Waals surface area contributed by atoms with Crippen molar-refractivity contribution in [3.8, 4) is 0 Å². The average molecular weight is 487 g/mol. The van der Waals surface area contributed by atoms with Crippen LogP contribution >= 0.6 is 0 Å². The Balaban J connectivity index is 1.28. The van der Waals surface area contributed by atoms with Crippen LogP contribution in [0.2, 0.25) is 0 Å². The molecule has 3 aromatic rings. The van der Waals surface area contributed by atoms with Crippen molar-refractivity contribution in [1.29, 1.82) is 0 Å². The molecule has 0 bridgehead atoms. The number of para-hydroxylation sites is 1. The van der Waals surface area contributed by atoms with E-state index in [1.165, 1.54) is 11.1 Å². The Morgan fingerprint density at radius 3 is 2.58 bits per heavy atom. The lowest BCUT2D eigenvalue weighted by atomic mass is 9.97. The first-order valence-corrected chi connectivity index (χ1v) is 12.8.